The first kappa shape index (κ1) is 12.5. The third kappa shape index (κ3) is 2.65. The van der Waals surface area contributed by atoms with Gasteiger partial charge in [0.05, 0.1) is 13.7 Å². The molecule has 0 saturated carbocycles. The van der Waals surface area contributed by atoms with Crippen molar-refractivity contribution in [1.82, 2.24) is 10.6 Å². The molecule has 1 aromatic rings. The minimum Gasteiger partial charge on any atom is -0.493 e. The van der Waals surface area contributed by atoms with E-state index in [4.69, 9.17) is 14.2 Å². The maximum absolute atomic E-state index is 11.1. The van der Waals surface area contributed by atoms with Crippen LogP contribution >= 0.6 is 0 Å². The van der Waals surface area contributed by atoms with Crippen molar-refractivity contribution in [1.29, 1.82) is 0 Å². The Bertz CT molecular complexity index is 448. The summed E-state index contributed by atoms with van der Waals surface area (Å²) in [6.45, 7) is 1.04. The van der Waals surface area contributed by atoms with E-state index in [1.165, 1.54) is 0 Å². The van der Waals surface area contributed by atoms with Gasteiger partial charge in [0.1, 0.15) is 0 Å². The van der Waals surface area contributed by atoms with Crippen LogP contribution in [0.4, 0.5) is 0 Å². The lowest BCUT2D eigenvalue weighted by atomic mass is 10.2. The van der Waals surface area contributed by atoms with Crippen LogP contribution in [0.2, 0.25) is 0 Å². The second-order valence-electron chi connectivity index (χ2n) is 3.81. The highest BCUT2D eigenvalue weighted by atomic mass is 16.7. The zero-order chi connectivity index (χ0) is 13.0. The molecule has 6 nitrogen and oxygen atoms in total. The SMILES string of the molecule is CNC(=O)CNCc1cc(OC)c2c(c1)OCO2. The van der Waals surface area contributed by atoms with E-state index in [1.54, 1.807) is 14.2 Å². The number of hydrogen-bond donors (Lipinski definition) is 2. The van der Waals surface area contributed by atoms with E-state index in [9.17, 15) is 4.79 Å². The van der Waals surface area contributed by atoms with Crippen LogP contribution in [-0.2, 0) is 11.3 Å². The van der Waals surface area contributed by atoms with Gasteiger partial charge in [0.25, 0.3) is 0 Å². The molecule has 0 saturated heterocycles. The molecule has 0 fully saturated rings. The van der Waals surface area contributed by atoms with Crippen LogP contribution in [0.15, 0.2) is 12.1 Å². The van der Waals surface area contributed by atoms with Crippen LogP contribution in [0.5, 0.6) is 17.2 Å². The van der Waals surface area contributed by atoms with Gasteiger partial charge in [-0.1, -0.05) is 0 Å². The second kappa shape index (κ2) is 5.59. The summed E-state index contributed by atoms with van der Waals surface area (Å²) < 4.78 is 15.9. The van der Waals surface area contributed by atoms with Gasteiger partial charge >= 0.3 is 0 Å². The highest BCUT2D eigenvalue weighted by Crippen LogP contribution is 2.41. The number of likely N-dealkylation sites (N-methyl/N-ethyl adjacent to an activating group) is 1. The highest BCUT2D eigenvalue weighted by molar-refractivity contribution is 5.77. The Labute approximate surface area is 105 Å². The standard InChI is InChI=1S/C12H16N2O4/c1-13-11(15)6-14-5-8-3-9(16-2)12-10(4-8)17-7-18-12/h3-4,14H,5-7H2,1-2H3,(H,13,15). The Morgan fingerprint density at radius 1 is 1.44 bits per heavy atom. The fourth-order valence-corrected chi connectivity index (χ4v) is 1.69. The number of carbonyl (C=O) groups excluding carboxylic acids is 1. The van der Waals surface area contributed by atoms with Crippen molar-refractivity contribution in [2.45, 2.75) is 6.54 Å². The molecule has 1 amide bonds. The fourth-order valence-electron chi connectivity index (χ4n) is 1.69. The molecule has 0 aromatic heterocycles. The average molecular weight is 252 g/mol. The molecule has 1 aliphatic heterocycles. The molecule has 1 heterocycles. The largest absolute Gasteiger partial charge is 0.493 e. The van der Waals surface area contributed by atoms with E-state index in [1.807, 2.05) is 12.1 Å². The summed E-state index contributed by atoms with van der Waals surface area (Å²) in [6, 6.07) is 3.74. The second-order valence-corrected chi connectivity index (χ2v) is 3.81. The molecule has 2 N–H and O–H groups in total. The van der Waals surface area contributed by atoms with Crippen molar-refractivity contribution < 1.29 is 19.0 Å². The predicted molar refractivity (Wildman–Crippen MR) is 64.9 cm³/mol. The topological polar surface area (TPSA) is 68.8 Å². The Hall–Kier alpha value is -1.95. The van der Waals surface area contributed by atoms with Crippen molar-refractivity contribution in [2.24, 2.45) is 0 Å². The lowest BCUT2D eigenvalue weighted by molar-refractivity contribution is -0.119. The molecule has 0 bridgehead atoms. The zero-order valence-corrected chi connectivity index (χ0v) is 10.4. The van der Waals surface area contributed by atoms with Crippen molar-refractivity contribution in [2.75, 3.05) is 27.5 Å². The summed E-state index contributed by atoms with van der Waals surface area (Å²) in [5, 5.41) is 5.58. The summed E-state index contributed by atoms with van der Waals surface area (Å²) in [6.07, 6.45) is 0. The number of fused-ring (bicyclic) bond motifs is 1. The van der Waals surface area contributed by atoms with E-state index in [0.717, 1.165) is 5.56 Å². The smallest absolute Gasteiger partial charge is 0.233 e. The summed E-state index contributed by atoms with van der Waals surface area (Å²) in [5.41, 5.74) is 0.972. The molecule has 6 heteroatoms. The first-order valence-corrected chi connectivity index (χ1v) is 5.62. The number of nitrogens with one attached hydrogen (secondary N) is 2. The van der Waals surface area contributed by atoms with Crippen molar-refractivity contribution in [3.05, 3.63) is 17.7 Å². The Balaban J connectivity index is 2.03. The molecule has 2 rings (SSSR count). The first-order chi connectivity index (χ1) is 8.74. The number of amides is 1. The summed E-state index contributed by atoms with van der Waals surface area (Å²) >= 11 is 0. The molecular weight excluding hydrogens is 236 g/mol. The molecule has 18 heavy (non-hydrogen) atoms. The average Bonchev–Trinajstić information content (AvgIpc) is 2.85. The van der Waals surface area contributed by atoms with Gasteiger partial charge in [-0.3, -0.25) is 4.79 Å². The maximum Gasteiger partial charge on any atom is 0.233 e. The zero-order valence-electron chi connectivity index (χ0n) is 10.4. The van der Waals surface area contributed by atoms with E-state index in [0.29, 0.717) is 23.8 Å². The van der Waals surface area contributed by atoms with Gasteiger partial charge in [-0.25, -0.2) is 0 Å². The monoisotopic (exact) mass is 252 g/mol. The van der Waals surface area contributed by atoms with Crippen LogP contribution in [0.1, 0.15) is 5.56 Å². The van der Waals surface area contributed by atoms with Gasteiger partial charge in [0.2, 0.25) is 18.4 Å². The number of rotatable bonds is 5. The minimum absolute atomic E-state index is 0.0530. The molecule has 0 unspecified atom stereocenters. The van der Waals surface area contributed by atoms with Gasteiger partial charge in [0.15, 0.2) is 11.5 Å². The van der Waals surface area contributed by atoms with Crippen LogP contribution in [0, 0.1) is 0 Å². The molecule has 98 valence electrons. The minimum atomic E-state index is -0.0530. The number of benzene rings is 1. The van der Waals surface area contributed by atoms with Crippen LogP contribution in [0.3, 0.4) is 0 Å². The van der Waals surface area contributed by atoms with E-state index < -0.39 is 0 Å². The number of carbonyl (C=O) groups is 1. The third-order valence-electron chi connectivity index (χ3n) is 2.61. The van der Waals surface area contributed by atoms with Gasteiger partial charge in [-0.2, -0.15) is 0 Å². The van der Waals surface area contributed by atoms with Gasteiger partial charge in [-0.05, 0) is 17.7 Å². The summed E-state index contributed by atoms with van der Waals surface area (Å²) in [4.78, 5) is 11.1. The third-order valence-corrected chi connectivity index (χ3v) is 2.61. The fraction of sp³-hybridized carbons (Fsp3) is 0.417. The number of ether oxygens (including phenoxy) is 3. The Morgan fingerprint density at radius 2 is 2.28 bits per heavy atom. The highest BCUT2D eigenvalue weighted by Gasteiger charge is 2.19. The summed E-state index contributed by atoms with van der Waals surface area (Å²) in [7, 11) is 3.19. The quantitative estimate of drug-likeness (QED) is 0.786. The molecular formula is C12H16N2O4. The van der Waals surface area contributed by atoms with E-state index in [-0.39, 0.29) is 19.2 Å². The van der Waals surface area contributed by atoms with Crippen LogP contribution in [-0.4, -0.2) is 33.4 Å². The van der Waals surface area contributed by atoms with Gasteiger partial charge in [0, 0.05) is 13.6 Å². The number of hydrogen-bond acceptors (Lipinski definition) is 5. The lowest BCUT2D eigenvalue weighted by Gasteiger charge is -2.09. The van der Waals surface area contributed by atoms with Gasteiger partial charge in [-0.15, -0.1) is 0 Å². The Morgan fingerprint density at radius 3 is 3.00 bits per heavy atom. The van der Waals surface area contributed by atoms with E-state index in [2.05, 4.69) is 10.6 Å². The molecule has 0 radical (unpaired) electrons. The lowest BCUT2D eigenvalue weighted by Crippen LogP contribution is -2.30. The van der Waals surface area contributed by atoms with Crippen molar-refractivity contribution in [3.8, 4) is 17.2 Å². The van der Waals surface area contributed by atoms with Crippen LogP contribution < -0.4 is 24.8 Å². The first-order valence-electron chi connectivity index (χ1n) is 5.62. The maximum atomic E-state index is 11.1. The summed E-state index contributed by atoms with van der Waals surface area (Å²) in [5.74, 6) is 1.89. The van der Waals surface area contributed by atoms with Crippen LogP contribution in [0.25, 0.3) is 0 Å². The predicted octanol–water partition coefficient (Wildman–Crippen LogP) is 0.259. The molecule has 0 spiro atoms. The van der Waals surface area contributed by atoms with E-state index >= 15 is 0 Å². The molecule has 1 aliphatic rings. The Kier molecular flexibility index (Phi) is 3.88. The normalized spacial score (nSPS) is 12.3. The van der Waals surface area contributed by atoms with Crippen molar-refractivity contribution >= 4 is 5.91 Å². The number of methoxy groups -OCH3 is 1. The molecule has 0 aliphatic carbocycles. The van der Waals surface area contributed by atoms with Gasteiger partial charge < -0.3 is 24.8 Å². The molecule has 1 aromatic carbocycles. The molecule has 0 atom stereocenters. The van der Waals surface area contributed by atoms with Crippen molar-refractivity contribution in [3.63, 3.8) is 0 Å².